The smallest absolute Gasteiger partial charge is 0.250 e. The number of piperidine rings is 1. The summed E-state index contributed by atoms with van der Waals surface area (Å²) in [4.78, 5) is 15.9. The molecule has 2 fully saturated rings. The molecule has 0 radical (unpaired) electrons. The fraction of sp³-hybridized carbons (Fsp3) is 0.923. The maximum Gasteiger partial charge on any atom is 0.250 e. The van der Waals surface area contributed by atoms with Gasteiger partial charge in [0, 0.05) is 50.5 Å². The van der Waals surface area contributed by atoms with Crippen molar-refractivity contribution in [2.24, 2.45) is 5.41 Å². The number of hydrogen-bond donors (Lipinski definition) is 0. The summed E-state index contributed by atoms with van der Waals surface area (Å²) < 4.78 is 26.1. The zero-order chi connectivity index (χ0) is 13.6. The number of carbonyl (C=O) groups is 1. The molecule has 2 saturated heterocycles. The quantitative estimate of drug-likeness (QED) is 0.719. The normalized spacial score (nSPS) is 25.9. The lowest BCUT2D eigenvalue weighted by Gasteiger charge is -2.49. The van der Waals surface area contributed by atoms with Crippen molar-refractivity contribution in [3.05, 3.63) is 0 Å². The second-order valence-corrected chi connectivity index (χ2v) is 6.51. The second-order valence-electron chi connectivity index (χ2n) is 6.51. The van der Waals surface area contributed by atoms with Crippen molar-refractivity contribution in [2.45, 2.75) is 45.6 Å². The molecule has 0 bridgehead atoms. The van der Waals surface area contributed by atoms with Gasteiger partial charge in [-0.3, -0.25) is 9.69 Å². The topological polar surface area (TPSA) is 23.6 Å². The van der Waals surface area contributed by atoms with E-state index in [1.807, 2.05) is 25.7 Å². The van der Waals surface area contributed by atoms with Gasteiger partial charge < -0.3 is 4.90 Å². The Hall–Kier alpha value is -0.710. The van der Waals surface area contributed by atoms with E-state index in [4.69, 9.17) is 0 Å². The highest BCUT2D eigenvalue weighted by atomic mass is 19.3. The van der Waals surface area contributed by atoms with Gasteiger partial charge in [-0.15, -0.1) is 0 Å². The Morgan fingerprint density at radius 2 is 1.67 bits per heavy atom. The molecule has 0 atom stereocenters. The molecule has 0 aliphatic carbocycles. The van der Waals surface area contributed by atoms with Crippen LogP contribution >= 0.6 is 0 Å². The predicted molar refractivity (Wildman–Crippen MR) is 65.6 cm³/mol. The van der Waals surface area contributed by atoms with E-state index in [1.54, 1.807) is 0 Å². The van der Waals surface area contributed by atoms with Gasteiger partial charge in [-0.2, -0.15) is 0 Å². The van der Waals surface area contributed by atoms with E-state index in [0.29, 0.717) is 26.2 Å². The zero-order valence-electron chi connectivity index (χ0n) is 11.4. The van der Waals surface area contributed by atoms with Crippen molar-refractivity contribution >= 4 is 5.91 Å². The second kappa shape index (κ2) is 4.44. The number of halogens is 2. The van der Waals surface area contributed by atoms with E-state index < -0.39 is 5.92 Å². The Labute approximate surface area is 107 Å². The first kappa shape index (κ1) is 13.7. The van der Waals surface area contributed by atoms with Crippen LogP contribution in [0.4, 0.5) is 8.78 Å². The van der Waals surface area contributed by atoms with Crippen LogP contribution in [0.5, 0.6) is 0 Å². The molecule has 1 amide bonds. The van der Waals surface area contributed by atoms with E-state index in [0.717, 1.165) is 0 Å². The van der Waals surface area contributed by atoms with Crippen LogP contribution in [0.15, 0.2) is 0 Å². The first-order valence-corrected chi connectivity index (χ1v) is 6.60. The molecule has 0 spiro atoms. The van der Waals surface area contributed by atoms with Gasteiger partial charge in [0.05, 0.1) is 0 Å². The van der Waals surface area contributed by atoms with Crippen molar-refractivity contribution in [1.82, 2.24) is 9.80 Å². The molecule has 3 nitrogen and oxygen atoms in total. The lowest BCUT2D eigenvalue weighted by atomic mass is 9.91. The van der Waals surface area contributed by atoms with Crippen LogP contribution in [0.3, 0.4) is 0 Å². The van der Waals surface area contributed by atoms with Crippen molar-refractivity contribution in [3.63, 3.8) is 0 Å². The average molecular weight is 260 g/mol. The molecule has 0 aromatic heterocycles. The zero-order valence-corrected chi connectivity index (χ0v) is 11.4. The summed E-state index contributed by atoms with van der Waals surface area (Å²) in [6.07, 6.45) is -0.0898. The number of rotatable bonds is 1. The molecular formula is C13H22F2N2O. The molecular weight excluding hydrogens is 238 g/mol. The third kappa shape index (κ3) is 2.82. The minimum absolute atomic E-state index is 0.0449. The molecule has 104 valence electrons. The standard InChI is InChI=1S/C13H22F2N2O/c1-12(2,3)11(18)17-8-10(9-17)16-6-4-13(14,15)5-7-16/h10H,4-9H2,1-3H3. The van der Waals surface area contributed by atoms with Gasteiger partial charge in [-0.05, 0) is 0 Å². The maximum absolute atomic E-state index is 13.0. The fourth-order valence-corrected chi connectivity index (χ4v) is 2.54. The van der Waals surface area contributed by atoms with Gasteiger partial charge in [0.25, 0.3) is 5.92 Å². The number of amides is 1. The van der Waals surface area contributed by atoms with Crippen LogP contribution in [0.25, 0.3) is 0 Å². The van der Waals surface area contributed by atoms with Crippen molar-refractivity contribution in [1.29, 1.82) is 0 Å². The summed E-state index contributed by atoms with van der Waals surface area (Å²) in [5.74, 6) is -2.33. The SMILES string of the molecule is CC(C)(C)C(=O)N1CC(N2CCC(F)(F)CC2)C1. The van der Waals surface area contributed by atoms with Crippen LogP contribution in [-0.2, 0) is 4.79 Å². The summed E-state index contributed by atoms with van der Waals surface area (Å²) in [6, 6.07) is 0.285. The number of carbonyl (C=O) groups excluding carboxylic acids is 1. The summed E-state index contributed by atoms with van der Waals surface area (Å²) in [7, 11) is 0. The summed E-state index contributed by atoms with van der Waals surface area (Å²) in [5, 5.41) is 0. The molecule has 0 N–H and O–H groups in total. The van der Waals surface area contributed by atoms with Gasteiger partial charge in [-0.1, -0.05) is 20.8 Å². The maximum atomic E-state index is 13.0. The number of nitrogens with zero attached hydrogens (tertiary/aromatic N) is 2. The van der Waals surface area contributed by atoms with Crippen LogP contribution < -0.4 is 0 Å². The van der Waals surface area contributed by atoms with Crippen molar-refractivity contribution < 1.29 is 13.6 Å². The molecule has 2 aliphatic heterocycles. The highest BCUT2D eigenvalue weighted by molar-refractivity contribution is 5.82. The van der Waals surface area contributed by atoms with Gasteiger partial charge in [0.2, 0.25) is 5.91 Å². The fourth-order valence-electron chi connectivity index (χ4n) is 2.54. The van der Waals surface area contributed by atoms with Crippen LogP contribution in [0, 0.1) is 5.41 Å². The van der Waals surface area contributed by atoms with Crippen LogP contribution in [-0.4, -0.2) is 53.9 Å². The summed E-state index contributed by atoms with van der Waals surface area (Å²) in [5.41, 5.74) is -0.347. The van der Waals surface area contributed by atoms with Gasteiger partial charge in [0.15, 0.2) is 0 Å². The first-order chi connectivity index (χ1) is 8.19. The highest BCUT2D eigenvalue weighted by Gasteiger charge is 2.42. The van der Waals surface area contributed by atoms with Crippen molar-refractivity contribution in [3.8, 4) is 0 Å². The minimum atomic E-state index is -2.48. The summed E-state index contributed by atoms with van der Waals surface area (Å²) in [6.45, 7) is 8.02. The molecule has 2 aliphatic rings. The summed E-state index contributed by atoms with van der Waals surface area (Å²) >= 11 is 0. The largest absolute Gasteiger partial charge is 0.339 e. The van der Waals surface area contributed by atoms with E-state index >= 15 is 0 Å². The molecule has 5 heteroatoms. The molecule has 18 heavy (non-hydrogen) atoms. The monoisotopic (exact) mass is 260 g/mol. The van der Waals surface area contributed by atoms with E-state index in [9.17, 15) is 13.6 Å². The van der Waals surface area contributed by atoms with Crippen molar-refractivity contribution in [2.75, 3.05) is 26.2 Å². The number of alkyl halides is 2. The minimum Gasteiger partial charge on any atom is -0.339 e. The number of hydrogen-bond acceptors (Lipinski definition) is 2. The Bertz CT molecular complexity index is 322. The molecule has 0 aromatic rings. The van der Waals surface area contributed by atoms with Crippen LogP contribution in [0.2, 0.25) is 0 Å². The van der Waals surface area contributed by atoms with Crippen LogP contribution in [0.1, 0.15) is 33.6 Å². The third-order valence-corrected chi connectivity index (χ3v) is 3.84. The molecule has 0 unspecified atom stereocenters. The predicted octanol–water partition coefficient (Wildman–Crippen LogP) is 1.97. The average Bonchev–Trinajstić information content (AvgIpc) is 2.16. The number of likely N-dealkylation sites (tertiary alicyclic amines) is 2. The Morgan fingerprint density at radius 1 is 1.17 bits per heavy atom. The van der Waals surface area contributed by atoms with E-state index in [2.05, 4.69) is 4.90 Å². The van der Waals surface area contributed by atoms with E-state index in [1.165, 1.54) is 0 Å². The Kier molecular flexibility index (Phi) is 3.38. The van der Waals surface area contributed by atoms with E-state index in [-0.39, 0.29) is 30.2 Å². The molecule has 0 saturated carbocycles. The lowest BCUT2D eigenvalue weighted by molar-refractivity contribution is -0.149. The Morgan fingerprint density at radius 3 is 2.11 bits per heavy atom. The molecule has 2 heterocycles. The lowest BCUT2D eigenvalue weighted by Crippen LogP contribution is -2.64. The van der Waals surface area contributed by atoms with Gasteiger partial charge in [-0.25, -0.2) is 8.78 Å². The molecule has 0 aromatic carbocycles. The molecule has 2 rings (SSSR count). The Balaban J connectivity index is 1.79. The highest BCUT2D eigenvalue weighted by Crippen LogP contribution is 2.31. The van der Waals surface area contributed by atoms with Gasteiger partial charge in [0.1, 0.15) is 0 Å². The third-order valence-electron chi connectivity index (χ3n) is 3.84. The first-order valence-electron chi connectivity index (χ1n) is 6.60. The van der Waals surface area contributed by atoms with Gasteiger partial charge >= 0.3 is 0 Å².